The van der Waals surface area contributed by atoms with Crippen LogP contribution in [-0.4, -0.2) is 37.6 Å². The molecule has 154 valence electrons. The number of amides is 1. The van der Waals surface area contributed by atoms with Gasteiger partial charge in [-0.3, -0.25) is 14.4 Å². The molecule has 0 unspecified atom stereocenters. The van der Waals surface area contributed by atoms with Gasteiger partial charge in [-0.15, -0.1) is 0 Å². The summed E-state index contributed by atoms with van der Waals surface area (Å²) in [6, 6.07) is 19.5. The van der Waals surface area contributed by atoms with Gasteiger partial charge in [0.1, 0.15) is 0 Å². The number of carbonyl (C=O) groups is 3. The van der Waals surface area contributed by atoms with E-state index in [1.165, 1.54) is 0 Å². The fourth-order valence-corrected chi connectivity index (χ4v) is 2.92. The summed E-state index contributed by atoms with van der Waals surface area (Å²) in [6.07, 6.45) is 0.858. The fraction of sp³-hybridized carbons (Fsp3) is 0.348. The normalized spacial score (nSPS) is 10.4. The number of hydrogen-bond acceptors (Lipinski definition) is 5. The maximum Gasteiger partial charge on any atom is 0.307 e. The third-order valence-corrected chi connectivity index (χ3v) is 4.32. The lowest BCUT2D eigenvalue weighted by molar-refractivity contribution is -0.148. The summed E-state index contributed by atoms with van der Waals surface area (Å²) in [5.41, 5.74) is 2.03. The average molecular weight is 397 g/mol. The minimum atomic E-state index is -0.440. The molecular formula is C23H27NO5. The fourth-order valence-electron chi connectivity index (χ4n) is 2.92. The lowest BCUT2D eigenvalue weighted by Gasteiger charge is -2.17. The molecule has 0 aliphatic carbocycles. The first kappa shape index (κ1) is 22.1. The maximum atomic E-state index is 12.3. The smallest absolute Gasteiger partial charge is 0.307 e. The third kappa shape index (κ3) is 8.17. The van der Waals surface area contributed by atoms with Crippen LogP contribution < -0.4 is 5.32 Å². The van der Waals surface area contributed by atoms with Crippen LogP contribution >= 0.6 is 0 Å². The van der Waals surface area contributed by atoms with Gasteiger partial charge in [-0.2, -0.15) is 0 Å². The molecule has 0 bridgehead atoms. The molecule has 0 atom stereocenters. The molecule has 0 aliphatic rings. The molecule has 6 heteroatoms. The van der Waals surface area contributed by atoms with Crippen molar-refractivity contribution in [3.8, 4) is 0 Å². The van der Waals surface area contributed by atoms with Gasteiger partial charge in [0, 0.05) is 18.9 Å². The zero-order chi connectivity index (χ0) is 20.9. The summed E-state index contributed by atoms with van der Waals surface area (Å²) in [5, 5.41) is 2.63. The molecule has 1 N–H and O–H groups in total. The van der Waals surface area contributed by atoms with Crippen molar-refractivity contribution in [2.45, 2.75) is 32.1 Å². The van der Waals surface area contributed by atoms with E-state index in [1.807, 2.05) is 60.7 Å². The summed E-state index contributed by atoms with van der Waals surface area (Å²) in [4.78, 5) is 35.4. The van der Waals surface area contributed by atoms with E-state index in [4.69, 9.17) is 9.47 Å². The van der Waals surface area contributed by atoms with Crippen LogP contribution in [0.4, 0.5) is 0 Å². The van der Waals surface area contributed by atoms with Crippen LogP contribution in [0.25, 0.3) is 0 Å². The van der Waals surface area contributed by atoms with E-state index in [0.29, 0.717) is 19.6 Å². The van der Waals surface area contributed by atoms with Crippen LogP contribution in [0.1, 0.15) is 43.2 Å². The van der Waals surface area contributed by atoms with Gasteiger partial charge in [-0.1, -0.05) is 60.7 Å². The van der Waals surface area contributed by atoms with E-state index in [1.54, 1.807) is 6.92 Å². The molecule has 0 aromatic heterocycles. The predicted molar refractivity (Wildman–Crippen MR) is 109 cm³/mol. The summed E-state index contributed by atoms with van der Waals surface area (Å²) >= 11 is 0. The zero-order valence-corrected chi connectivity index (χ0v) is 16.6. The van der Waals surface area contributed by atoms with Crippen molar-refractivity contribution in [2.24, 2.45) is 0 Å². The number of carbonyl (C=O) groups excluding carboxylic acids is 3. The van der Waals surface area contributed by atoms with Gasteiger partial charge in [0.2, 0.25) is 0 Å². The maximum absolute atomic E-state index is 12.3. The molecule has 29 heavy (non-hydrogen) atoms. The second-order valence-corrected chi connectivity index (χ2v) is 6.50. The molecule has 1 amide bonds. The Kier molecular flexibility index (Phi) is 9.42. The highest BCUT2D eigenvalue weighted by molar-refractivity contribution is 5.81. The van der Waals surface area contributed by atoms with Gasteiger partial charge in [-0.25, -0.2) is 0 Å². The molecule has 0 fully saturated rings. The van der Waals surface area contributed by atoms with Gasteiger partial charge < -0.3 is 14.8 Å². The molecule has 0 heterocycles. The lowest BCUT2D eigenvalue weighted by atomic mass is 9.89. The standard InChI is InChI=1S/C23H27NO5/c1-2-28-22(26)14-9-15-24-21(25)17-29-23(27)16-20(18-10-5-3-6-11-18)19-12-7-4-8-13-19/h3-8,10-13,20H,2,9,14-17H2,1H3,(H,24,25). The summed E-state index contributed by atoms with van der Waals surface area (Å²) in [6.45, 7) is 2.07. The van der Waals surface area contributed by atoms with E-state index in [2.05, 4.69) is 5.32 Å². The number of benzene rings is 2. The predicted octanol–water partition coefficient (Wildman–Crippen LogP) is 3.21. The van der Waals surface area contributed by atoms with Crippen molar-refractivity contribution in [1.29, 1.82) is 0 Å². The van der Waals surface area contributed by atoms with Crippen LogP contribution in [-0.2, 0) is 23.9 Å². The van der Waals surface area contributed by atoms with Crippen molar-refractivity contribution >= 4 is 17.8 Å². The van der Waals surface area contributed by atoms with Crippen molar-refractivity contribution in [3.05, 3.63) is 71.8 Å². The number of rotatable bonds is 11. The van der Waals surface area contributed by atoms with Gasteiger partial charge in [0.25, 0.3) is 5.91 Å². The van der Waals surface area contributed by atoms with Gasteiger partial charge in [0.05, 0.1) is 13.0 Å². The van der Waals surface area contributed by atoms with Crippen LogP contribution in [0.5, 0.6) is 0 Å². The molecular weight excluding hydrogens is 370 g/mol. The van der Waals surface area contributed by atoms with E-state index >= 15 is 0 Å². The average Bonchev–Trinajstić information content (AvgIpc) is 2.75. The molecule has 6 nitrogen and oxygen atoms in total. The number of esters is 2. The molecule has 0 radical (unpaired) electrons. The van der Waals surface area contributed by atoms with Crippen LogP contribution in [0.15, 0.2) is 60.7 Å². The monoisotopic (exact) mass is 397 g/mol. The second-order valence-electron chi connectivity index (χ2n) is 6.50. The Morgan fingerprint density at radius 2 is 1.45 bits per heavy atom. The molecule has 0 saturated heterocycles. The Hall–Kier alpha value is -3.15. The van der Waals surface area contributed by atoms with E-state index in [-0.39, 0.29) is 31.3 Å². The third-order valence-electron chi connectivity index (χ3n) is 4.32. The van der Waals surface area contributed by atoms with Crippen molar-refractivity contribution in [3.63, 3.8) is 0 Å². The molecule has 0 aliphatic heterocycles. The topological polar surface area (TPSA) is 81.7 Å². The molecule has 2 aromatic carbocycles. The summed E-state index contributed by atoms with van der Waals surface area (Å²) in [7, 11) is 0. The van der Waals surface area contributed by atoms with Gasteiger partial charge in [-0.05, 0) is 24.5 Å². The highest BCUT2D eigenvalue weighted by Gasteiger charge is 2.19. The molecule has 2 rings (SSSR count). The summed E-state index contributed by atoms with van der Waals surface area (Å²) in [5.74, 6) is -1.26. The minimum absolute atomic E-state index is 0.141. The summed E-state index contributed by atoms with van der Waals surface area (Å²) < 4.78 is 9.97. The van der Waals surface area contributed by atoms with E-state index in [9.17, 15) is 14.4 Å². The Balaban J connectivity index is 1.80. The SMILES string of the molecule is CCOC(=O)CCCNC(=O)COC(=O)CC(c1ccccc1)c1ccccc1. The molecule has 0 spiro atoms. The second kappa shape index (κ2) is 12.3. The first-order chi connectivity index (χ1) is 14.1. The van der Waals surface area contributed by atoms with E-state index in [0.717, 1.165) is 11.1 Å². The van der Waals surface area contributed by atoms with Gasteiger partial charge in [0.15, 0.2) is 6.61 Å². The lowest BCUT2D eigenvalue weighted by Crippen LogP contribution is -2.30. The largest absolute Gasteiger partial charge is 0.466 e. The zero-order valence-electron chi connectivity index (χ0n) is 16.6. The van der Waals surface area contributed by atoms with Crippen molar-refractivity contribution in [2.75, 3.05) is 19.8 Å². The first-order valence-electron chi connectivity index (χ1n) is 9.78. The van der Waals surface area contributed by atoms with Crippen molar-refractivity contribution in [1.82, 2.24) is 5.32 Å². The van der Waals surface area contributed by atoms with Crippen LogP contribution in [0.2, 0.25) is 0 Å². The number of ether oxygens (including phenoxy) is 2. The van der Waals surface area contributed by atoms with Gasteiger partial charge >= 0.3 is 11.9 Å². The van der Waals surface area contributed by atoms with E-state index < -0.39 is 11.9 Å². The van der Waals surface area contributed by atoms with Crippen LogP contribution in [0, 0.1) is 0 Å². The Morgan fingerprint density at radius 3 is 2.00 bits per heavy atom. The minimum Gasteiger partial charge on any atom is -0.466 e. The Morgan fingerprint density at radius 1 is 0.862 bits per heavy atom. The Bertz CT molecular complexity index is 737. The highest BCUT2D eigenvalue weighted by Crippen LogP contribution is 2.28. The first-order valence-corrected chi connectivity index (χ1v) is 9.78. The highest BCUT2D eigenvalue weighted by atomic mass is 16.5. The number of nitrogens with one attached hydrogen (secondary N) is 1. The molecule has 2 aromatic rings. The Labute approximate surface area is 171 Å². The molecule has 0 saturated carbocycles. The van der Waals surface area contributed by atoms with Crippen LogP contribution in [0.3, 0.4) is 0 Å². The van der Waals surface area contributed by atoms with Crippen molar-refractivity contribution < 1.29 is 23.9 Å². The number of hydrogen-bond donors (Lipinski definition) is 1. The quantitative estimate of drug-likeness (QED) is 0.465.